The van der Waals surface area contributed by atoms with Crippen LogP contribution in [-0.4, -0.2) is 59.1 Å². The molecule has 116 valence electrons. The lowest BCUT2D eigenvalue weighted by atomic mass is 9.81. The monoisotopic (exact) mass is 282 g/mol. The fourth-order valence-corrected chi connectivity index (χ4v) is 3.92. The van der Waals surface area contributed by atoms with Crippen LogP contribution in [0.25, 0.3) is 0 Å². The normalized spacial score (nSPS) is 24.9. The maximum atomic E-state index is 11.3. The number of likely N-dealkylation sites (tertiary alicyclic amines) is 2. The van der Waals surface area contributed by atoms with E-state index in [2.05, 4.69) is 23.6 Å². The van der Waals surface area contributed by atoms with Gasteiger partial charge in [-0.25, -0.2) is 0 Å². The van der Waals surface area contributed by atoms with E-state index in [1.807, 2.05) is 0 Å². The Morgan fingerprint density at radius 3 is 2.20 bits per heavy atom. The maximum Gasteiger partial charge on any atom is 0.305 e. The zero-order valence-electron chi connectivity index (χ0n) is 13.1. The van der Waals surface area contributed by atoms with Gasteiger partial charge in [-0.15, -0.1) is 0 Å². The predicted octanol–water partition coefficient (Wildman–Crippen LogP) is 2.44. The number of hydrogen-bond acceptors (Lipinski definition) is 3. The van der Waals surface area contributed by atoms with Crippen molar-refractivity contribution >= 4 is 5.97 Å². The lowest BCUT2D eigenvalue weighted by Gasteiger charge is -2.50. The summed E-state index contributed by atoms with van der Waals surface area (Å²) in [7, 11) is 0. The molecule has 0 radical (unpaired) electrons. The number of nitrogens with zero attached hydrogens (tertiary/aromatic N) is 2. The summed E-state index contributed by atoms with van der Waals surface area (Å²) < 4.78 is 0. The minimum Gasteiger partial charge on any atom is -0.481 e. The molecule has 0 bridgehead atoms. The second-order valence-corrected chi connectivity index (χ2v) is 7.04. The van der Waals surface area contributed by atoms with Gasteiger partial charge in [0.2, 0.25) is 0 Å². The first kappa shape index (κ1) is 15.8. The minimum absolute atomic E-state index is 0.0697. The maximum absolute atomic E-state index is 11.3. The van der Waals surface area contributed by atoms with Crippen molar-refractivity contribution in [3.05, 3.63) is 0 Å². The largest absolute Gasteiger partial charge is 0.481 e. The molecule has 0 amide bonds. The van der Waals surface area contributed by atoms with Gasteiger partial charge < -0.3 is 10.0 Å². The van der Waals surface area contributed by atoms with Crippen LogP contribution in [0.3, 0.4) is 0 Å². The van der Waals surface area contributed by atoms with Gasteiger partial charge in [0.15, 0.2) is 0 Å². The summed E-state index contributed by atoms with van der Waals surface area (Å²) in [5.74, 6) is 0.0600. The van der Waals surface area contributed by atoms with E-state index in [1.54, 1.807) is 0 Å². The fourth-order valence-electron chi connectivity index (χ4n) is 3.92. The number of carboxylic acid groups (broad SMARTS) is 1. The zero-order valence-corrected chi connectivity index (χ0v) is 13.1. The first-order valence-electron chi connectivity index (χ1n) is 8.21. The van der Waals surface area contributed by atoms with Crippen LogP contribution in [0.4, 0.5) is 0 Å². The summed E-state index contributed by atoms with van der Waals surface area (Å²) in [5, 5.41) is 9.33. The molecule has 2 aliphatic heterocycles. The number of rotatable bonds is 5. The Bertz CT molecular complexity index is 316. The van der Waals surface area contributed by atoms with Gasteiger partial charge in [-0.2, -0.15) is 0 Å². The third-order valence-electron chi connectivity index (χ3n) is 4.92. The molecule has 0 aromatic carbocycles. The van der Waals surface area contributed by atoms with Crippen LogP contribution in [0, 0.1) is 5.92 Å². The van der Waals surface area contributed by atoms with Crippen LogP contribution < -0.4 is 0 Å². The average molecular weight is 282 g/mol. The summed E-state index contributed by atoms with van der Waals surface area (Å²) in [6.07, 6.45) is 6.13. The molecule has 0 spiro atoms. The number of aliphatic carboxylic acids is 1. The predicted molar refractivity (Wildman–Crippen MR) is 80.9 cm³/mol. The van der Waals surface area contributed by atoms with Gasteiger partial charge in [0.1, 0.15) is 0 Å². The fraction of sp³-hybridized carbons (Fsp3) is 0.938. The van der Waals surface area contributed by atoms with E-state index in [-0.39, 0.29) is 5.54 Å². The topological polar surface area (TPSA) is 43.8 Å². The van der Waals surface area contributed by atoms with Crippen molar-refractivity contribution < 1.29 is 9.90 Å². The molecule has 2 fully saturated rings. The van der Waals surface area contributed by atoms with Gasteiger partial charge in [-0.1, -0.05) is 20.3 Å². The average Bonchev–Trinajstić information content (AvgIpc) is 2.41. The third kappa shape index (κ3) is 3.95. The molecule has 2 rings (SSSR count). The van der Waals surface area contributed by atoms with E-state index < -0.39 is 5.97 Å². The summed E-state index contributed by atoms with van der Waals surface area (Å²) in [5.41, 5.74) is -0.0697. The Morgan fingerprint density at radius 1 is 1.10 bits per heavy atom. The molecule has 0 unspecified atom stereocenters. The molecule has 20 heavy (non-hydrogen) atoms. The van der Waals surface area contributed by atoms with Crippen LogP contribution in [-0.2, 0) is 4.79 Å². The highest BCUT2D eigenvalue weighted by Crippen LogP contribution is 2.34. The Kier molecular flexibility index (Phi) is 5.44. The van der Waals surface area contributed by atoms with Crippen LogP contribution in [0.15, 0.2) is 0 Å². The highest BCUT2D eigenvalue weighted by atomic mass is 16.4. The van der Waals surface area contributed by atoms with E-state index in [1.165, 1.54) is 19.3 Å². The first-order valence-corrected chi connectivity index (χ1v) is 8.21. The number of carboxylic acids is 1. The Labute approximate surface area is 123 Å². The smallest absolute Gasteiger partial charge is 0.305 e. The molecule has 2 aliphatic rings. The molecule has 0 aromatic heterocycles. The van der Waals surface area contributed by atoms with Crippen LogP contribution in [0.1, 0.15) is 52.4 Å². The molecular formula is C16H30N2O2. The lowest BCUT2D eigenvalue weighted by Crippen LogP contribution is -2.58. The third-order valence-corrected chi connectivity index (χ3v) is 4.92. The van der Waals surface area contributed by atoms with Crippen LogP contribution in [0.5, 0.6) is 0 Å². The van der Waals surface area contributed by atoms with Crippen molar-refractivity contribution in [2.45, 2.75) is 57.9 Å². The molecule has 0 saturated carbocycles. The van der Waals surface area contributed by atoms with E-state index in [4.69, 9.17) is 0 Å². The van der Waals surface area contributed by atoms with Crippen molar-refractivity contribution in [1.82, 2.24) is 9.80 Å². The molecule has 0 aromatic rings. The van der Waals surface area contributed by atoms with Gasteiger partial charge in [-0.05, 0) is 57.8 Å². The Hall–Kier alpha value is -0.610. The molecule has 0 aliphatic carbocycles. The second kappa shape index (κ2) is 6.90. The minimum atomic E-state index is -0.632. The molecule has 1 N–H and O–H groups in total. The molecule has 2 saturated heterocycles. The zero-order chi connectivity index (χ0) is 14.6. The summed E-state index contributed by atoms with van der Waals surface area (Å²) in [6.45, 7) is 9.95. The van der Waals surface area contributed by atoms with E-state index in [0.717, 1.165) is 45.6 Å². The molecule has 2 heterocycles. The summed E-state index contributed by atoms with van der Waals surface area (Å²) in [6, 6.07) is 0. The van der Waals surface area contributed by atoms with Crippen molar-refractivity contribution in [3.63, 3.8) is 0 Å². The Morgan fingerprint density at radius 2 is 1.70 bits per heavy atom. The lowest BCUT2D eigenvalue weighted by molar-refractivity contribution is -0.142. The summed E-state index contributed by atoms with van der Waals surface area (Å²) in [4.78, 5) is 16.3. The highest BCUT2D eigenvalue weighted by Gasteiger charge is 2.41. The van der Waals surface area contributed by atoms with E-state index in [0.29, 0.717) is 12.3 Å². The quantitative estimate of drug-likeness (QED) is 0.841. The van der Waals surface area contributed by atoms with Gasteiger partial charge in [0.05, 0.1) is 6.42 Å². The standard InChI is InChI=1S/C16H30N2O2/c1-14(2)13-17-10-6-16(7-11-17,12-15(19)20)18-8-4-3-5-9-18/h14H,3-13H2,1-2H3,(H,19,20). The first-order chi connectivity index (χ1) is 9.52. The van der Waals surface area contributed by atoms with Gasteiger partial charge in [0.25, 0.3) is 0 Å². The van der Waals surface area contributed by atoms with E-state index >= 15 is 0 Å². The number of hydrogen-bond donors (Lipinski definition) is 1. The number of piperidine rings is 2. The van der Waals surface area contributed by atoms with Crippen molar-refractivity contribution in [2.75, 3.05) is 32.7 Å². The molecular weight excluding hydrogens is 252 g/mol. The highest BCUT2D eigenvalue weighted by molar-refractivity contribution is 5.68. The van der Waals surface area contributed by atoms with Gasteiger partial charge >= 0.3 is 5.97 Å². The molecule has 0 atom stereocenters. The molecule has 4 heteroatoms. The second-order valence-electron chi connectivity index (χ2n) is 7.04. The van der Waals surface area contributed by atoms with Crippen molar-refractivity contribution in [1.29, 1.82) is 0 Å². The summed E-state index contributed by atoms with van der Waals surface area (Å²) >= 11 is 0. The van der Waals surface area contributed by atoms with Gasteiger partial charge in [0, 0.05) is 12.1 Å². The van der Waals surface area contributed by atoms with Crippen molar-refractivity contribution in [2.24, 2.45) is 5.92 Å². The SMILES string of the molecule is CC(C)CN1CCC(CC(=O)O)(N2CCCCC2)CC1. The molecule has 4 nitrogen and oxygen atoms in total. The van der Waals surface area contributed by atoms with E-state index in [9.17, 15) is 9.90 Å². The van der Waals surface area contributed by atoms with Gasteiger partial charge in [-0.3, -0.25) is 9.69 Å². The van der Waals surface area contributed by atoms with Crippen molar-refractivity contribution in [3.8, 4) is 0 Å². The number of carbonyl (C=O) groups is 1. The van der Waals surface area contributed by atoms with Crippen LogP contribution >= 0.6 is 0 Å². The Balaban J connectivity index is 2.00. The van der Waals surface area contributed by atoms with Crippen LogP contribution in [0.2, 0.25) is 0 Å².